The maximum absolute atomic E-state index is 11.6. The first-order valence-electron chi connectivity index (χ1n) is 11.1. The zero-order chi connectivity index (χ0) is 20.2. The molecular weight excluding hydrogens is 364 g/mol. The number of fused-ring (bicyclic) bond motifs is 5. The van der Waals surface area contributed by atoms with Crippen LogP contribution in [0, 0.1) is 28.7 Å². The smallest absolute Gasteiger partial charge is 0.268 e. The van der Waals surface area contributed by atoms with Crippen LogP contribution in [0.2, 0.25) is 12.1 Å². The van der Waals surface area contributed by atoms with Crippen LogP contribution in [-0.2, 0) is 6.42 Å². The van der Waals surface area contributed by atoms with Crippen LogP contribution in [0.5, 0.6) is 5.75 Å². The van der Waals surface area contributed by atoms with Gasteiger partial charge in [-0.25, -0.2) is 0 Å². The van der Waals surface area contributed by atoms with Crippen molar-refractivity contribution in [3.8, 4) is 17.2 Å². The molecule has 3 aliphatic carbocycles. The van der Waals surface area contributed by atoms with E-state index in [9.17, 15) is 15.0 Å². The molecule has 4 heteroatoms. The van der Waals surface area contributed by atoms with Crippen LogP contribution < -0.4 is 0 Å². The topological polar surface area (TPSA) is 60.7 Å². The van der Waals surface area contributed by atoms with Crippen LogP contribution in [-0.4, -0.2) is 28.9 Å². The molecule has 152 valence electrons. The van der Waals surface area contributed by atoms with Crippen molar-refractivity contribution in [3.05, 3.63) is 29.3 Å². The second kappa shape index (κ2) is 6.90. The lowest BCUT2D eigenvalue weighted by molar-refractivity contribution is -0.0647. The van der Waals surface area contributed by atoms with Gasteiger partial charge in [0.05, 0.1) is 0 Å². The van der Waals surface area contributed by atoms with Gasteiger partial charge in [-0.15, -0.1) is 0 Å². The van der Waals surface area contributed by atoms with Crippen LogP contribution in [0.3, 0.4) is 0 Å². The van der Waals surface area contributed by atoms with Crippen LogP contribution >= 0.6 is 0 Å². The molecule has 0 amide bonds. The van der Waals surface area contributed by atoms with Gasteiger partial charge < -0.3 is 15.0 Å². The van der Waals surface area contributed by atoms with Crippen molar-refractivity contribution >= 4 is 8.32 Å². The number of aliphatic hydroxyl groups is 1. The van der Waals surface area contributed by atoms with E-state index in [1.54, 1.807) is 0 Å². The van der Waals surface area contributed by atoms with Gasteiger partial charge in [-0.3, -0.25) is 0 Å². The molecule has 0 spiro atoms. The summed E-state index contributed by atoms with van der Waals surface area (Å²) in [4.78, 5) is 10.7. The Morgan fingerprint density at radius 3 is 2.61 bits per heavy atom. The summed E-state index contributed by atoms with van der Waals surface area (Å²) in [7, 11) is -2.53. The minimum absolute atomic E-state index is 0.188. The number of aromatic hydroxyl groups is 1. The zero-order valence-electron chi connectivity index (χ0n) is 17.5. The Kier molecular flexibility index (Phi) is 4.93. The van der Waals surface area contributed by atoms with E-state index in [2.05, 4.69) is 24.5 Å². The van der Waals surface area contributed by atoms with E-state index < -0.39 is 13.9 Å². The van der Waals surface area contributed by atoms with Crippen LogP contribution in [0.1, 0.15) is 69.9 Å². The Morgan fingerprint density at radius 2 is 1.89 bits per heavy atom. The Bertz CT molecular complexity index is 821. The van der Waals surface area contributed by atoms with Crippen LogP contribution in [0.25, 0.3) is 0 Å². The maximum Gasteiger partial charge on any atom is 0.268 e. The van der Waals surface area contributed by atoms with Gasteiger partial charge in [0.25, 0.3) is 8.32 Å². The van der Waals surface area contributed by atoms with Crippen molar-refractivity contribution in [1.82, 2.24) is 0 Å². The first-order chi connectivity index (χ1) is 13.3. The molecule has 0 unspecified atom stereocenters. The number of rotatable bonds is 2. The fourth-order valence-electron chi connectivity index (χ4n) is 6.44. The number of hydrogen-bond donors (Lipinski definition) is 3. The van der Waals surface area contributed by atoms with Gasteiger partial charge in [-0.05, 0) is 91.6 Å². The molecule has 2 saturated carbocycles. The summed E-state index contributed by atoms with van der Waals surface area (Å²) in [6.45, 7) is 6.27. The molecule has 28 heavy (non-hydrogen) atoms. The lowest BCUT2D eigenvalue weighted by Crippen LogP contribution is -2.50. The molecule has 0 aromatic heterocycles. The van der Waals surface area contributed by atoms with Crippen LogP contribution in [0.15, 0.2) is 18.2 Å². The lowest BCUT2D eigenvalue weighted by atomic mass is 9.53. The van der Waals surface area contributed by atoms with Crippen molar-refractivity contribution in [2.75, 3.05) is 0 Å². The molecule has 1 aromatic carbocycles. The summed E-state index contributed by atoms with van der Waals surface area (Å²) >= 11 is 0. The predicted molar refractivity (Wildman–Crippen MR) is 114 cm³/mol. The third-order valence-corrected chi connectivity index (χ3v) is 11.5. The lowest BCUT2D eigenvalue weighted by Gasteiger charge is -2.52. The summed E-state index contributed by atoms with van der Waals surface area (Å²) in [5.41, 5.74) is 4.76. The Morgan fingerprint density at radius 1 is 1.14 bits per heavy atom. The molecule has 3 nitrogen and oxygen atoms in total. The Hall–Kier alpha value is -1.28. The van der Waals surface area contributed by atoms with Gasteiger partial charge in [-0.1, -0.05) is 38.3 Å². The van der Waals surface area contributed by atoms with Crippen molar-refractivity contribution in [2.24, 2.45) is 17.3 Å². The second-order valence-corrected chi connectivity index (χ2v) is 13.4. The molecule has 1 aromatic rings. The Balaban J connectivity index is 1.64. The second-order valence-electron chi connectivity index (χ2n) is 9.64. The predicted octanol–water partition coefficient (Wildman–Crippen LogP) is 4.50. The Labute approximate surface area is 170 Å². The third-order valence-electron chi connectivity index (χ3n) is 8.53. The highest BCUT2D eigenvalue weighted by molar-refractivity contribution is 6.80. The molecule has 2 fully saturated rings. The highest BCUT2D eigenvalue weighted by Crippen LogP contribution is 2.64. The molecule has 4 rings (SSSR count). The fourth-order valence-corrected chi connectivity index (χ4v) is 7.73. The van der Waals surface area contributed by atoms with Crippen LogP contribution in [0.4, 0.5) is 0 Å². The fraction of sp³-hybridized carbons (Fsp3) is 0.667. The molecule has 3 N–H and O–H groups in total. The van der Waals surface area contributed by atoms with E-state index in [0.717, 1.165) is 50.6 Å². The summed E-state index contributed by atoms with van der Waals surface area (Å²) in [6.07, 6.45) is 5.94. The van der Waals surface area contributed by atoms with Gasteiger partial charge in [0.1, 0.15) is 11.4 Å². The van der Waals surface area contributed by atoms with Gasteiger partial charge in [0.15, 0.2) is 0 Å². The molecule has 0 radical (unpaired) electrons. The quantitative estimate of drug-likeness (QED) is 0.508. The van der Waals surface area contributed by atoms with E-state index in [-0.39, 0.29) is 5.41 Å². The van der Waals surface area contributed by atoms with Crippen molar-refractivity contribution < 1.29 is 15.0 Å². The molecule has 3 aliphatic rings. The van der Waals surface area contributed by atoms with Crippen molar-refractivity contribution in [1.29, 1.82) is 0 Å². The van der Waals surface area contributed by atoms with Crippen molar-refractivity contribution in [3.63, 3.8) is 0 Å². The molecule has 0 bridgehead atoms. The SMILES string of the molecule is CC[Si](O)(C#C[C@]1(O)CC[C@H]2[C@@H]3CCc4cc(O)ccc4[C@H]3CC[C@@]21C)CC. The maximum atomic E-state index is 11.6. The summed E-state index contributed by atoms with van der Waals surface area (Å²) in [5.74, 6) is 5.21. The highest BCUT2D eigenvalue weighted by atomic mass is 28.4. The van der Waals surface area contributed by atoms with E-state index >= 15 is 0 Å². The molecular formula is C24H34O3Si. The largest absolute Gasteiger partial charge is 0.508 e. The standard InChI is InChI=1S/C24H34O3Si/c1-4-28(27,5-2)15-14-24(26)13-11-22-21-8-6-17-16-18(25)7-9-19(17)20(21)10-12-23(22,24)3/h7,9,16,20-22,25-27H,4-6,8,10-13H2,1-3H3/t20-,21-,22+,23+,24-/m1/s1. The van der Waals surface area contributed by atoms with Crippen molar-refractivity contribution in [2.45, 2.75) is 82.9 Å². The molecule has 0 aliphatic heterocycles. The molecule has 0 heterocycles. The number of phenolic OH excluding ortho intramolecular Hbond substituents is 1. The van der Waals surface area contributed by atoms with Gasteiger partial charge in [0.2, 0.25) is 0 Å². The van der Waals surface area contributed by atoms with Gasteiger partial charge >= 0.3 is 0 Å². The average Bonchev–Trinajstić information content (AvgIpc) is 2.97. The first kappa shape index (κ1) is 20.0. The monoisotopic (exact) mass is 398 g/mol. The van der Waals surface area contributed by atoms with E-state index in [1.807, 2.05) is 26.0 Å². The molecule has 5 atom stereocenters. The van der Waals surface area contributed by atoms with E-state index in [0.29, 0.717) is 23.5 Å². The summed E-state index contributed by atoms with van der Waals surface area (Å²) in [6, 6.07) is 7.34. The zero-order valence-corrected chi connectivity index (χ0v) is 18.5. The highest BCUT2D eigenvalue weighted by Gasteiger charge is 2.61. The normalized spacial score (nSPS) is 36.7. The minimum Gasteiger partial charge on any atom is -0.508 e. The number of aryl methyl sites for hydroxylation is 1. The first-order valence-corrected chi connectivity index (χ1v) is 13.4. The average molecular weight is 399 g/mol. The third kappa shape index (κ3) is 2.94. The molecule has 0 saturated heterocycles. The van der Waals surface area contributed by atoms with Gasteiger partial charge in [-0.2, -0.15) is 0 Å². The number of benzene rings is 1. The van der Waals surface area contributed by atoms with E-state index in [1.165, 1.54) is 11.1 Å². The number of hydrogen-bond acceptors (Lipinski definition) is 3. The van der Waals surface area contributed by atoms with Gasteiger partial charge in [0, 0.05) is 5.41 Å². The minimum atomic E-state index is -2.53. The number of phenols is 1. The van der Waals surface area contributed by atoms with E-state index in [4.69, 9.17) is 0 Å². The summed E-state index contributed by atoms with van der Waals surface area (Å²) < 4.78 is 0. The summed E-state index contributed by atoms with van der Waals surface area (Å²) in [5, 5.41) is 21.5.